The van der Waals surface area contributed by atoms with Gasteiger partial charge in [0.25, 0.3) is 0 Å². The molecule has 0 bridgehead atoms. The lowest BCUT2D eigenvalue weighted by atomic mass is 10.1. The van der Waals surface area contributed by atoms with Crippen LogP contribution in [0.3, 0.4) is 0 Å². The van der Waals surface area contributed by atoms with Crippen LogP contribution in [0.1, 0.15) is 66.2 Å². The number of ether oxygens (including phenoxy) is 1. The van der Waals surface area contributed by atoms with Crippen molar-refractivity contribution < 1.29 is 22.8 Å². The summed E-state index contributed by atoms with van der Waals surface area (Å²) in [5.41, 5.74) is 0. The van der Waals surface area contributed by atoms with Gasteiger partial charge in [-0.15, -0.1) is 0 Å². The Hall–Kier alpha value is -0.693. The van der Waals surface area contributed by atoms with Gasteiger partial charge in [0, 0.05) is 31.4 Å². The summed E-state index contributed by atoms with van der Waals surface area (Å²) in [6.45, 7) is 13.1. The molecule has 24 heavy (non-hydrogen) atoms. The van der Waals surface area contributed by atoms with Crippen molar-refractivity contribution in [3.63, 3.8) is 0 Å². The van der Waals surface area contributed by atoms with E-state index in [4.69, 9.17) is 18.0 Å². The summed E-state index contributed by atoms with van der Waals surface area (Å²) < 4.78 is 22.8. The summed E-state index contributed by atoms with van der Waals surface area (Å²) >= 11 is 0. The first kappa shape index (κ1) is 23.3. The fourth-order valence-electron chi connectivity index (χ4n) is 2.49. The molecule has 0 aliphatic carbocycles. The van der Waals surface area contributed by atoms with Crippen molar-refractivity contribution in [2.45, 2.75) is 78.4 Å². The van der Waals surface area contributed by atoms with Crippen LogP contribution in [0.4, 0.5) is 0 Å². The molecule has 0 saturated carbocycles. The van der Waals surface area contributed by atoms with Crippen molar-refractivity contribution in [3.8, 4) is 0 Å². The molecule has 0 aromatic heterocycles. The highest BCUT2D eigenvalue weighted by Gasteiger charge is 2.40. The minimum Gasteiger partial charge on any atom is -0.463 e. The highest BCUT2D eigenvalue weighted by molar-refractivity contribution is 6.60. The molecule has 142 valence electrons. The first-order valence-corrected chi connectivity index (χ1v) is 11.2. The van der Waals surface area contributed by atoms with Crippen LogP contribution in [0.25, 0.3) is 0 Å². The van der Waals surface area contributed by atoms with E-state index in [0.717, 1.165) is 38.1 Å². The number of carbonyl (C=O) groups excluding carboxylic acids is 1. The smallest absolute Gasteiger partial charge is 0.463 e. The fraction of sp³-hybridized carbons (Fsp3) is 0.833. The van der Waals surface area contributed by atoms with Crippen molar-refractivity contribution in [2.75, 3.05) is 19.8 Å². The molecule has 0 rings (SSSR count). The first-order valence-electron chi connectivity index (χ1n) is 9.24. The zero-order valence-corrected chi connectivity index (χ0v) is 17.0. The maximum Gasteiger partial charge on any atom is 0.501 e. The Morgan fingerprint density at radius 2 is 1.54 bits per heavy atom. The van der Waals surface area contributed by atoms with Gasteiger partial charge in [-0.2, -0.15) is 0 Å². The van der Waals surface area contributed by atoms with Gasteiger partial charge < -0.3 is 18.0 Å². The topological polar surface area (TPSA) is 54.0 Å². The van der Waals surface area contributed by atoms with Crippen molar-refractivity contribution >= 4 is 14.8 Å². The molecule has 0 amide bonds. The lowest BCUT2D eigenvalue weighted by Gasteiger charge is -2.30. The summed E-state index contributed by atoms with van der Waals surface area (Å²) in [6.07, 6.45) is 7.82. The Kier molecular flexibility index (Phi) is 14.2. The van der Waals surface area contributed by atoms with E-state index in [0.29, 0.717) is 19.8 Å². The van der Waals surface area contributed by atoms with E-state index in [-0.39, 0.29) is 12.1 Å². The third-order valence-corrected chi connectivity index (χ3v) is 6.69. The van der Waals surface area contributed by atoms with Gasteiger partial charge in [0.05, 0.1) is 6.61 Å². The minimum atomic E-state index is -2.52. The molecule has 0 aliphatic rings. The lowest BCUT2D eigenvalue weighted by Crippen LogP contribution is -2.47. The van der Waals surface area contributed by atoms with Crippen LogP contribution in [0.2, 0.25) is 6.04 Å². The van der Waals surface area contributed by atoms with E-state index in [9.17, 15) is 4.79 Å². The van der Waals surface area contributed by atoms with E-state index >= 15 is 0 Å². The van der Waals surface area contributed by atoms with Crippen LogP contribution < -0.4 is 0 Å². The third kappa shape index (κ3) is 11.8. The summed E-state index contributed by atoms with van der Waals surface area (Å²) in [7, 11) is -2.52. The number of unbranched alkanes of at least 4 members (excludes halogenated alkanes) is 5. The summed E-state index contributed by atoms with van der Waals surface area (Å²) in [4.78, 5) is 10.9. The van der Waals surface area contributed by atoms with Crippen LogP contribution >= 0.6 is 0 Å². The zero-order chi connectivity index (χ0) is 18.3. The summed E-state index contributed by atoms with van der Waals surface area (Å²) in [5, 5.41) is 0. The largest absolute Gasteiger partial charge is 0.501 e. The van der Waals surface area contributed by atoms with E-state index in [2.05, 4.69) is 6.58 Å². The molecule has 0 unspecified atom stereocenters. The Labute approximate surface area is 149 Å². The Bertz CT molecular complexity index is 327. The van der Waals surface area contributed by atoms with Gasteiger partial charge in [0.15, 0.2) is 0 Å². The monoisotopic (exact) mass is 360 g/mol. The van der Waals surface area contributed by atoms with Crippen LogP contribution in [0, 0.1) is 0 Å². The van der Waals surface area contributed by atoms with Gasteiger partial charge >= 0.3 is 14.8 Å². The van der Waals surface area contributed by atoms with Gasteiger partial charge in [-0.1, -0.05) is 32.3 Å². The van der Waals surface area contributed by atoms with Crippen molar-refractivity contribution in [1.29, 1.82) is 0 Å². The highest BCUT2D eigenvalue weighted by Crippen LogP contribution is 2.22. The highest BCUT2D eigenvalue weighted by atomic mass is 28.4. The molecule has 0 atom stereocenters. The minimum absolute atomic E-state index is 0.119. The Morgan fingerprint density at radius 1 is 1.00 bits per heavy atom. The number of hydrogen-bond donors (Lipinski definition) is 0. The van der Waals surface area contributed by atoms with Gasteiger partial charge in [-0.3, -0.25) is 0 Å². The Balaban J connectivity index is 3.90. The summed E-state index contributed by atoms with van der Waals surface area (Å²) in [5.74, 6) is -0.340. The van der Waals surface area contributed by atoms with E-state index in [1.807, 2.05) is 27.7 Å². The van der Waals surface area contributed by atoms with Gasteiger partial charge in [0.1, 0.15) is 0 Å². The number of hydrogen-bond acceptors (Lipinski definition) is 5. The fourth-order valence-corrected chi connectivity index (χ4v) is 5.40. The second kappa shape index (κ2) is 14.6. The second-order valence-corrected chi connectivity index (χ2v) is 8.64. The Morgan fingerprint density at radius 3 is 2.04 bits per heavy atom. The molecule has 6 heteroatoms. The number of rotatable bonds is 16. The molecular formula is C18H36O5Si. The van der Waals surface area contributed by atoms with Crippen LogP contribution in [0.5, 0.6) is 0 Å². The molecule has 5 nitrogen and oxygen atoms in total. The molecule has 0 heterocycles. The average molecular weight is 361 g/mol. The maximum atomic E-state index is 10.9. The van der Waals surface area contributed by atoms with Gasteiger partial charge in [-0.05, 0) is 40.5 Å². The average Bonchev–Trinajstić information content (AvgIpc) is 2.52. The predicted molar refractivity (Wildman–Crippen MR) is 98.9 cm³/mol. The summed E-state index contributed by atoms with van der Waals surface area (Å²) in [6, 6.07) is 0.879. The van der Waals surface area contributed by atoms with Crippen molar-refractivity contribution in [3.05, 3.63) is 12.7 Å². The van der Waals surface area contributed by atoms with Gasteiger partial charge in [-0.25, -0.2) is 4.79 Å². The normalized spacial score (nSPS) is 11.7. The molecule has 0 fully saturated rings. The van der Waals surface area contributed by atoms with Crippen LogP contribution in [-0.2, 0) is 22.8 Å². The molecule has 0 spiro atoms. The molecule has 0 N–H and O–H groups in total. The van der Waals surface area contributed by atoms with Crippen molar-refractivity contribution in [2.24, 2.45) is 0 Å². The molecule has 0 aliphatic heterocycles. The standard InChI is InChI=1S/C18H36O5Si/c1-6-18(19)20-15-13-11-9-10-12-14-16-24(21-7-2,22-8-3)23-17(4)5/h6,17H,1,7-16H2,2-5H3. The van der Waals surface area contributed by atoms with Crippen LogP contribution in [0.15, 0.2) is 12.7 Å². The lowest BCUT2D eigenvalue weighted by molar-refractivity contribution is -0.137. The maximum absolute atomic E-state index is 10.9. The zero-order valence-electron chi connectivity index (χ0n) is 16.0. The molecule has 0 aromatic rings. The number of carbonyl (C=O) groups is 1. The molecular weight excluding hydrogens is 324 g/mol. The molecule has 0 radical (unpaired) electrons. The SMILES string of the molecule is C=CC(=O)OCCCCCCCC[Si](OCC)(OCC)OC(C)C. The first-order chi connectivity index (χ1) is 11.5. The van der Waals surface area contributed by atoms with Crippen molar-refractivity contribution in [1.82, 2.24) is 0 Å². The number of esters is 1. The third-order valence-electron chi connectivity index (χ3n) is 3.43. The van der Waals surface area contributed by atoms with E-state index in [1.165, 1.54) is 12.5 Å². The second-order valence-electron chi connectivity index (χ2n) is 5.96. The molecule has 0 aromatic carbocycles. The van der Waals surface area contributed by atoms with E-state index < -0.39 is 8.80 Å². The quantitative estimate of drug-likeness (QED) is 0.176. The van der Waals surface area contributed by atoms with Gasteiger partial charge in [0.2, 0.25) is 0 Å². The van der Waals surface area contributed by atoms with E-state index in [1.54, 1.807) is 0 Å². The molecule has 0 saturated heterocycles. The van der Waals surface area contributed by atoms with Crippen LogP contribution in [-0.4, -0.2) is 40.7 Å². The predicted octanol–water partition coefficient (Wildman–Crippen LogP) is 4.49.